The molecule has 2 aromatic heterocycles. The maximum atomic E-state index is 12.2. The van der Waals surface area contributed by atoms with Crippen LogP contribution in [-0.2, 0) is 4.79 Å². The molecule has 1 unspecified atom stereocenters. The number of amides is 1. The van der Waals surface area contributed by atoms with Crippen molar-refractivity contribution in [3.8, 4) is 17.1 Å². The number of benzene rings is 1. The van der Waals surface area contributed by atoms with E-state index >= 15 is 0 Å². The molecule has 3 rings (SSSR count). The monoisotopic (exact) mass is 384 g/mol. The van der Waals surface area contributed by atoms with Crippen LogP contribution in [0.1, 0.15) is 31.6 Å². The van der Waals surface area contributed by atoms with Gasteiger partial charge in [-0.2, -0.15) is 0 Å². The summed E-state index contributed by atoms with van der Waals surface area (Å²) in [6.45, 7) is 7.99. The van der Waals surface area contributed by atoms with Crippen LogP contribution in [0.15, 0.2) is 46.2 Å². The fourth-order valence-electron chi connectivity index (χ4n) is 2.70. The number of aromatic nitrogens is 3. The standard InChI is InChI=1S/C20H24N4O2S/c1-5-14(3)21-18(25)12-27-20-23-22-19(17-9-10-26-15(17)4)24(20)16-8-6-7-13(2)11-16/h6-11,14H,5,12H2,1-4H3,(H,21,25). The van der Waals surface area contributed by atoms with Crippen LogP contribution in [0.4, 0.5) is 0 Å². The van der Waals surface area contributed by atoms with Crippen LogP contribution >= 0.6 is 11.8 Å². The van der Waals surface area contributed by atoms with Crippen molar-refractivity contribution >= 4 is 17.7 Å². The highest BCUT2D eigenvalue weighted by molar-refractivity contribution is 7.99. The number of carbonyl (C=O) groups excluding carboxylic acids is 1. The van der Waals surface area contributed by atoms with Gasteiger partial charge < -0.3 is 9.73 Å². The number of furan rings is 1. The zero-order chi connectivity index (χ0) is 19.4. The van der Waals surface area contributed by atoms with Crippen molar-refractivity contribution in [1.29, 1.82) is 0 Å². The van der Waals surface area contributed by atoms with Crippen LogP contribution < -0.4 is 5.32 Å². The van der Waals surface area contributed by atoms with Gasteiger partial charge in [-0.1, -0.05) is 30.8 Å². The molecule has 0 bridgehead atoms. The van der Waals surface area contributed by atoms with Crippen LogP contribution in [0.25, 0.3) is 17.1 Å². The Labute approximate surface area is 163 Å². The summed E-state index contributed by atoms with van der Waals surface area (Å²) in [6.07, 6.45) is 2.55. The molecule has 1 aromatic carbocycles. The number of aryl methyl sites for hydroxylation is 2. The maximum absolute atomic E-state index is 12.2. The second kappa shape index (κ2) is 8.43. The molecular formula is C20H24N4O2S. The van der Waals surface area contributed by atoms with Crippen LogP contribution in [0.2, 0.25) is 0 Å². The predicted octanol–water partition coefficient (Wildman–Crippen LogP) is 4.15. The van der Waals surface area contributed by atoms with E-state index in [4.69, 9.17) is 4.42 Å². The number of nitrogens with zero attached hydrogens (tertiary/aromatic N) is 3. The molecule has 1 atom stereocenters. The van der Waals surface area contributed by atoms with Gasteiger partial charge in [-0.25, -0.2) is 0 Å². The van der Waals surface area contributed by atoms with Crippen molar-refractivity contribution in [2.45, 2.75) is 45.3 Å². The normalized spacial score (nSPS) is 12.1. The first-order valence-corrected chi connectivity index (χ1v) is 9.97. The Morgan fingerprint density at radius 2 is 2.11 bits per heavy atom. The first-order valence-electron chi connectivity index (χ1n) is 8.98. The number of hydrogen-bond acceptors (Lipinski definition) is 5. The molecule has 0 aliphatic carbocycles. The summed E-state index contributed by atoms with van der Waals surface area (Å²) in [4.78, 5) is 12.2. The van der Waals surface area contributed by atoms with E-state index in [1.165, 1.54) is 11.8 Å². The van der Waals surface area contributed by atoms with Gasteiger partial charge in [0.1, 0.15) is 5.76 Å². The number of rotatable bonds is 7. The third-order valence-electron chi connectivity index (χ3n) is 4.35. The third kappa shape index (κ3) is 4.42. The second-order valence-electron chi connectivity index (χ2n) is 6.54. The molecule has 0 spiro atoms. The maximum Gasteiger partial charge on any atom is 0.230 e. The van der Waals surface area contributed by atoms with E-state index in [2.05, 4.69) is 21.6 Å². The van der Waals surface area contributed by atoms with E-state index in [0.717, 1.165) is 29.0 Å². The smallest absolute Gasteiger partial charge is 0.230 e. The molecule has 7 heteroatoms. The van der Waals surface area contributed by atoms with Gasteiger partial charge in [-0.3, -0.25) is 9.36 Å². The predicted molar refractivity (Wildman–Crippen MR) is 107 cm³/mol. The van der Waals surface area contributed by atoms with E-state index in [0.29, 0.717) is 16.7 Å². The van der Waals surface area contributed by atoms with E-state index in [1.54, 1.807) is 6.26 Å². The lowest BCUT2D eigenvalue weighted by Crippen LogP contribution is -2.33. The zero-order valence-electron chi connectivity index (χ0n) is 16.0. The molecule has 2 heterocycles. The summed E-state index contributed by atoms with van der Waals surface area (Å²) in [7, 11) is 0. The molecule has 0 saturated carbocycles. The van der Waals surface area contributed by atoms with Gasteiger partial charge in [-0.05, 0) is 51.0 Å². The Hall–Kier alpha value is -2.54. The van der Waals surface area contributed by atoms with Crippen molar-refractivity contribution in [1.82, 2.24) is 20.1 Å². The van der Waals surface area contributed by atoms with Crippen molar-refractivity contribution in [3.05, 3.63) is 47.9 Å². The minimum Gasteiger partial charge on any atom is -0.469 e. The fraction of sp³-hybridized carbons (Fsp3) is 0.350. The quantitative estimate of drug-likeness (QED) is 0.620. The Balaban J connectivity index is 1.94. The van der Waals surface area contributed by atoms with E-state index in [-0.39, 0.29) is 11.9 Å². The largest absolute Gasteiger partial charge is 0.469 e. The third-order valence-corrected chi connectivity index (χ3v) is 5.27. The molecule has 1 amide bonds. The number of hydrogen-bond donors (Lipinski definition) is 1. The van der Waals surface area contributed by atoms with Gasteiger partial charge in [-0.15, -0.1) is 10.2 Å². The summed E-state index contributed by atoms with van der Waals surface area (Å²) < 4.78 is 7.42. The molecule has 0 fully saturated rings. The molecule has 0 aliphatic heterocycles. The minimum absolute atomic E-state index is 0.00539. The minimum atomic E-state index is -0.00539. The number of carbonyl (C=O) groups is 1. The van der Waals surface area contributed by atoms with Crippen LogP contribution in [0, 0.1) is 13.8 Å². The van der Waals surface area contributed by atoms with Gasteiger partial charge in [0.15, 0.2) is 11.0 Å². The van der Waals surface area contributed by atoms with Crippen molar-refractivity contribution in [2.24, 2.45) is 0 Å². The van der Waals surface area contributed by atoms with Crippen LogP contribution in [-0.4, -0.2) is 32.5 Å². The average Bonchev–Trinajstić information content (AvgIpc) is 3.25. The number of nitrogens with one attached hydrogen (secondary N) is 1. The highest BCUT2D eigenvalue weighted by Gasteiger charge is 2.20. The first kappa shape index (κ1) is 19.2. The highest BCUT2D eigenvalue weighted by atomic mass is 32.2. The summed E-state index contributed by atoms with van der Waals surface area (Å²) >= 11 is 1.38. The zero-order valence-corrected chi connectivity index (χ0v) is 16.8. The van der Waals surface area contributed by atoms with E-state index < -0.39 is 0 Å². The summed E-state index contributed by atoms with van der Waals surface area (Å²) in [5, 5.41) is 12.4. The molecular weight excluding hydrogens is 360 g/mol. The summed E-state index contributed by atoms with van der Waals surface area (Å²) in [6, 6.07) is 10.2. The Morgan fingerprint density at radius 1 is 1.30 bits per heavy atom. The lowest BCUT2D eigenvalue weighted by atomic mass is 10.2. The Kier molecular flexibility index (Phi) is 6.01. The number of thioether (sulfide) groups is 1. The van der Waals surface area contributed by atoms with Crippen molar-refractivity contribution < 1.29 is 9.21 Å². The summed E-state index contributed by atoms with van der Waals surface area (Å²) in [5.41, 5.74) is 2.99. The molecule has 27 heavy (non-hydrogen) atoms. The van der Waals surface area contributed by atoms with Gasteiger partial charge in [0, 0.05) is 11.7 Å². The van der Waals surface area contributed by atoms with E-state index in [1.807, 2.05) is 56.5 Å². The summed E-state index contributed by atoms with van der Waals surface area (Å²) in [5.74, 6) is 1.77. The van der Waals surface area contributed by atoms with Gasteiger partial charge >= 0.3 is 0 Å². The molecule has 142 valence electrons. The first-order chi connectivity index (χ1) is 13.0. The molecule has 0 radical (unpaired) electrons. The molecule has 0 aliphatic rings. The average molecular weight is 385 g/mol. The lowest BCUT2D eigenvalue weighted by molar-refractivity contribution is -0.119. The van der Waals surface area contributed by atoms with Crippen LogP contribution in [0.5, 0.6) is 0 Å². The van der Waals surface area contributed by atoms with Crippen molar-refractivity contribution in [2.75, 3.05) is 5.75 Å². The van der Waals surface area contributed by atoms with Gasteiger partial charge in [0.25, 0.3) is 0 Å². The van der Waals surface area contributed by atoms with E-state index in [9.17, 15) is 4.79 Å². The molecule has 3 aromatic rings. The second-order valence-corrected chi connectivity index (χ2v) is 7.48. The van der Waals surface area contributed by atoms with Crippen molar-refractivity contribution in [3.63, 3.8) is 0 Å². The van der Waals surface area contributed by atoms with Gasteiger partial charge in [0.2, 0.25) is 5.91 Å². The fourth-order valence-corrected chi connectivity index (χ4v) is 3.47. The van der Waals surface area contributed by atoms with Crippen LogP contribution in [0.3, 0.4) is 0 Å². The molecule has 6 nitrogen and oxygen atoms in total. The lowest BCUT2D eigenvalue weighted by Gasteiger charge is -2.12. The molecule has 1 N–H and O–H groups in total. The topological polar surface area (TPSA) is 73.0 Å². The highest BCUT2D eigenvalue weighted by Crippen LogP contribution is 2.30. The SMILES string of the molecule is CCC(C)NC(=O)CSc1nnc(-c2ccoc2C)n1-c1cccc(C)c1. The Bertz CT molecular complexity index is 932. The Morgan fingerprint density at radius 3 is 2.78 bits per heavy atom. The molecule has 0 saturated heterocycles. The van der Waals surface area contributed by atoms with Gasteiger partial charge in [0.05, 0.1) is 17.6 Å².